The third-order valence-corrected chi connectivity index (χ3v) is 8.60. The number of carbonyl (C=O) groups excluding carboxylic acids is 1. The van der Waals surface area contributed by atoms with Crippen LogP contribution in [-0.2, 0) is 16.4 Å². The number of amides is 2. The van der Waals surface area contributed by atoms with Crippen molar-refractivity contribution in [3.63, 3.8) is 0 Å². The van der Waals surface area contributed by atoms with Crippen LogP contribution < -0.4 is 21.3 Å². The molecule has 0 radical (unpaired) electrons. The lowest BCUT2D eigenvalue weighted by molar-refractivity contribution is 0.256. The standard InChI is InChI=1S/C24H22ClFN6O4S2/c1-13-29-18-11-14(4-9-21(27)28-2)3-6-16(18)23(33)32(13)19-7-5-15(12-17(19)26)30-24(34)31-38(35,36)22-10-8-20(25)37-22/h3,5-8,10-12H,4,9H2,1-2H3,(H2,27,28)(H2,30,31,34). The number of halogens is 2. The molecule has 198 valence electrons. The third-order valence-electron chi connectivity index (χ3n) is 5.55. The summed E-state index contributed by atoms with van der Waals surface area (Å²) in [5, 5.41) is 2.57. The van der Waals surface area contributed by atoms with E-state index in [1.807, 2.05) is 4.72 Å². The number of amidine groups is 1. The molecule has 0 aliphatic rings. The Kier molecular flexibility index (Phi) is 7.81. The van der Waals surface area contributed by atoms with Gasteiger partial charge in [0.05, 0.1) is 26.8 Å². The van der Waals surface area contributed by atoms with Crippen molar-refractivity contribution in [2.45, 2.75) is 24.0 Å². The minimum atomic E-state index is -4.15. The van der Waals surface area contributed by atoms with Gasteiger partial charge in [-0.15, -0.1) is 11.3 Å². The number of hydrogen-bond acceptors (Lipinski definition) is 7. The number of carbonyl (C=O) groups is 1. The van der Waals surface area contributed by atoms with Crippen LogP contribution in [0.2, 0.25) is 4.34 Å². The molecule has 0 atom stereocenters. The van der Waals surface area contributed by atoms with Gasteiger partial charge >= 0.3 is 6.03 Å². The second-order valence-electron chi connectivity index (χ2n) is 8.15. The number of aryl methyl sites for hydroxylation is 2. The first-order valence-corrected chi connectivity index (χ1v) is 13.8. The minimum absolute atomic E-state index is 0.0258. The molecule has 2 heterocycles. The lowest BCUT2D eigenvalue weighted by atomic mass is 10.1. The van der Waals surface area contributed by atoms with Crippen molar-refractivity contribution in [1.29, 1.82) is 0 Å². The van der Waals surface area contributed by atoms with Crippen molar-refractivity contribution in [2.24, 2.45) is 10.7 Å². The molecule has 14 heteroatoms. The van der Waals surface area contributed by atoms with Crippen LogP contribution in [0.15, 0.2) is 62.5 Å². The Hall–Kier alpha value is -3.81. The fraction of sp³-hybridized carbons (Fsp3) is 0.167. The van der Waals surface area contributed by atoms with Crippen molar-refractivity contribution in [3.8, 4) is 5.69 Å². The van der Waals surface area contributed by atoms with Crippen LogP contribution in [0.4, 0.5) is 14.9 Å². The number of sulfonamides is 1. The van der Waals surface area contributed by atoms with Gasteiger partial charge in [0.25, 0.3) is 15.6 Å². The molecule has 10 nitrogen and oxygen atoms in total. The molecule has 0 aliphatic carbocycles. The summed E-state index contributed by atoms with van der Waals surface area (Å²) in [5.74, 6) is -0.0510. The van der Waals surface area contributed by atoms with Crippen LogP contribution in [0.3, 0.4) is 0 Å². The van der Waals surface area contributed by atoms with E-state index in [1.54, 1.807) is 32.2 Å². The zero-order valence-electron chi connectivity index (χ0n) is 20.2. The quantitative estimate of drug-likeness (QED) is 0.224. The van der Waals surface area contributed by atoms with E-state index < -0.39 is 27.4 Å². The van der Waals surface area contributed by atoms with Crippen LogP contribution >= 0.6 is 22.9 Å². The molecule has 4 aromatic rings. The summed E-state index contributed by atoms with van der Waals surface area (Å²) < 4.78 is 42.7. The molecule has 0 bridgehead atoms. The minimum Gasteiger partial charge on any atom is -0.387 e. The second-order valence-corrected chi connectivity index (χ2v) is 11.8. The van der Waals surface area contributed by atoms with Gasteiger partial charge in [0.2, 0.25) is 0 Å². The smallest absolute Gasteiger partial charge is 0.333 e. The van der Waals surface area contributed by atoms with Crippen molar-refractivity contribution in [3.05, 3.63) is 80.4 Å². The molecule has 2 aromatic carbocycles. The second kappa shape index (κ2) is 10.9. The number of aliphatic imine (C=N–C) groups is 1. The molecular formula is C24H22ClFN6O4S2. The van der Waals surface area contributed by atoms with E-state index >= 15 is 4.39 Å². The van der Waals surface area contributed by atoms with E-state index in [4.69, 9.17) is 17.3 Å². The van der Waals surface area contributed by atoms with Gasteiger partial charge in [0.1, 0.15) is 15.9 Å². The van der Waals surface area contributed by atoms with Gasteiger partial charge in [-0.25, -0.2) is 27.3 Å². The van der Waals surface area contributed by atoms with Crippen molar-refractivity contribution in [2.75, 3.05) is 12.4 Å². The maximum absolute atomic E-state index is 15.1. The number of anilines is 1. The Balaban J connectivity index is 1.57. The number of aromatic nitrogens is 2. The van der Waals surface area contributed by atoms with Crippen LogP contribution in [0.1, 0.15) is 17.8 Å². The van der Waals surface area contributed by atoms with Gasteiger partial charge in [-0.1, -0.05) is 17.7 Å². The van der Waals surface area contributed by atoms with Crippen LogP contribution in [0.5, 0.6) is 0 Å². The summed E-state index contributed by atoms with van der Waals surface area (Å²) in [6.07, 6.45) is 1.19. The van der Waals surface area contributed by atoms with Crippen LogP contribution in [0.25, 0.3) is 16.6 Å². The summed E-state index contributed by atoms with van der Waals surface area (Å²) in [6, 6.07) is 10.4. The van der Waals surface area contributed by atoms with E-state index in [1.165, 1.54) is 24.3 Å². The Bertz CT molecular complexity index is 1750. The van der Waals surface area contributed by atoms with Gasteiger partial charge in [0, 0.05) is 19.2 Å². The van der Waals surface area contributed by atoms with E-state index in [9.17, 15) is 18.0 Å². The maximum atomic E-state index is 15.1. The van der Waals surface area contributed by atoms with Gasteiger partial charge in [-0.2, -0.15) is 0 Å². The lowest BCUT2D eigenvalue weighted by Crippen LogP contribution is -2.34. The summed E-state index contributed by atoms with van der Waals surface area (Å²) in [6.45, 7) is 1.58. The molecule has 2 aromatic heterocycles. The van der Waals surface area contributed by atoms with Gasteiger partial charge < -0.3 is 11.1 Å². The van der Waals surface area contributed by atoms with Crippen LogP contribution in [0, 0.1) is 12.7 Å². The number of nitrogens with one attached hydrogen (secondary N) is 2. The lowest BCUT2D eigenvalue weighted by Gasteiger charge is -2.14. The van der Waals surface area contributed by atoms with Gasteiger partial charge in [-0.05, 0) is 61.4 Å². The summed E-state index contributed by atoms with van der Waals surface area (Å²) in [4.78, 5) is 33.9. The number of hydrogen-bond donors (Lipinski definition) is 3. The molecule has 4 rings (SSSR count). The summed E-state index contributed by atoms with van der Waals surface area (Å²) in [7, 11) is -2.53. The number of fused-ring (bicyclic) bond motifs is 1. The van der Waals surface area contributed by atoms with E-state index in [2.05, 4.69) is 15.3 Å². The monoisotopic (exact) mass is 576 g/mol. The number of nitrogens with zero attached hydrogens (tertiary/aromatic N) is 3. The molecule has 0 saturated heterocycles. The molecule has 0 spiro atoms. The predicted octanol–water partition coefficient (Wildman–Crippen LogP) is 3.98. The van der Waals surface area contributed by atoms with E-state index in [0.717, 1.165) is 27.5 Å². The summed E-state index contributed by atoms with van der Waals surface area (Å²) >= 11 is 6.53. The molecule has 0 aliphatic heterocycles. The number of urea groups is 1. The van der Waals surface area contributed by atoms with E-state index in [-0.39, 0.29) is 25.7 Å². The zero-order valence-corrected chi connectivity index (χ0v) is 22.5. The molecule has 0 fully saturated rings. The number of thiophene rings is 1. The molecule has 4 N–H and O–H groups in total. The highest BCUT2D eigenvalue weighted by Gasteiger charge is 2.20. The Morgan fingerprint density at radius 3 is 2.63 bits per heavy atom. The largest absolute Gasteiger partial charge is 0.387 e. The number of benzene rings is 2. The highest BCUT2D eigenvalue weighted by molar-refractivity contribution is 7.92. The normalized spacial score (nSPS) is 12.1. The molecule has 2 amide bonds. The molecular weight excluding hydrogens is 555 g/mol. The Labute approximate surface area is 226 Å². The highest BCUT2D eigenvalue weighted by atomic mass is 35.5. The van der Waals surface area contributed by atoms with Gasteiger partial charge in [-0.3, -0.25) is 14.4 Å². The SMILES string of the molecule is CN=C(N)CCc1ccc2c(=O)n(-c3ccc(NC(=O)NS(=O)(=O)c4ccc(Cl)s4)cc3F)c(C)nc2c1. The molecule has 0 unspecified atom stereocenters. The maximum Gasteiger partial charge on any atom is 0.333 e. The Morgan fingerprint density at radius 2 is 1.97 bits per heavy atom. The number of nitrogens with two attached hydrogens (primary N) is 1. The van der Waals surface area contributed by atoms with E-state index in [0.29, 0.717) is 29.6 Å². The topological polar surface area (TPSA) is 149 Å². The average molecular weight is 577 g/mol. The Morgan fingerprint density at radius 1 is 1.21 bits per heavy atom. The first-order chi connectivity index (χ1) is 18.0. The van der Waals surface area contributed by atoms with Crippen molar-refractivity contribution < 1.29 is 17.6 Å². The van der Waals surface area contributed by atoms with Crippen molar-refractivity contribution in [1.82, 2.24) is 14.3 Å². The molecule has 0 saturated carbocycles. The van der Waals surface area contributed by atoms with Crippen LogP contribution in [-0.4, -0.2) is 36.9 Å². The fourth-order valence-corrected chi connectivity index (χ4v) is 6.09. The molecule has 38 heavy (non-hydrogen) atoms. The average Bonchev–Trinajstić information content (AvgIpc) is 3.30. The highest BCUT2D eigenvalue weighted by Crippen LogP contribution is 2.25. The van der Waals surface area contributed by atoms with Crippen molar-refractivity contribution >= 4 is 61.4 Å². The third kappa shape index (κ3) is 5.85. The predicted molar refractivity (Wildman–Crippen MR) is 147 cm³/mol. The first-order valence-electron chi connectivity index (χ1n) is 11.1. The first kappa shape index (κ1) is 27.2. The zero-order chi connectivity index (χ0) is 27.6. The number of rotatable bonds is 7. The summed E-state index contributed by atoms with van der Waals surface area (Å²) in [5.41, 5.74) is 6.58. The van der Waals surface area contributed by atoms with Gasteiger partial charge in [0.15, 0.2) is 0 Å². The fourth-order valence-electron chi connectivity index (χ4n) is 3.70.